The summed E-state index contributed by atoms with van der Waals surface area (Å²) in [6.07, 6.45) is 3.51. The van der Waals surface area contributed by atoms with Crippen molar-refractivity contribution < 1.29 is 9.72 Å². The van der Waals surface area contributed by atoms with Crippen molar-refractivity contribution in [1.29, 1.82) is 0 Å². The Bertz CT molecular complexity index is 528. The lowest BCUT2D eigenvalue weighted by molar-refractivity contribution is -0.384. The highest BCUT2D eigenvalue weighted by atomic mass is 16.6. The number of nitrogens with zero attached hydrogens (tertiary/aromatic N) is 2. The predicted octanol–water partition coefficient (Wildman–Crippen LogP) is 1.75. The van der Waals surface area contributed by atoms with Crippen LogP contribution in [0.15, 0.2) is 18.2 Å². The molecular formula is C13H18N4O3. The van der Waals surface area contributed by atoms with Crippen LogP contribution >= 0.6 is 0 Å². The number of nitro benzene ring substituents is 1. The van der Waals surface area contributed by atoms with Crippen LogP contribution in [0.1, 0.15) is 29.6 Å². The van der Waals surface area contributed by atoms with E-state index in [2.05, 4.69) is 5.43 Å². The monoisotopic (exact) mass is 278 g/mol. The van der Waals surface area contributed by atoms with E-state index in [1.54, 1.807) is 18.0 Å². The van der Waals surface area contributed by atoms with Gasteiger partial charge in [0, 0.05) is 25.2 Å². The molecule has 0 heterocycles. The Hall–Kier alpha value is -2.15. The highest BCUT2D eigenvalue weighted by Crippen LogP contribution is 2.28. The van der Waals surface area contributed by atoms with E-state index in [0.717, 1.165) is 12.8 Å². The maximum Gasteiger partial charge on any atom is 0.294 e. The zero-order chi connectivity index (χ0) is 14.7. The van der Waals surface area contributed by atoms with Gasteiger partial charge in [0.1, 0.15) is 5.69 Å². The molecule has 0 unspecified atom stereocenters. The van der Waals surface area contributed by atoms with Gasteiger partial charge in [-0.05, 0) is 30.9 Å². The number of hydrogen-bond donors (Lipinski definition) is 2. The summed E-state index contributed by atoms with van der Waals surface area (Å²) >= 11 is 0. The first kappa shape index (κ1) is 14.3. The summed E-state index contributed by atoms with van der Waals surface area (Å²) in [5.74, 6) is 5.57. The topological polar surface area (TPSA) is 102 Å². The lowest BCUT2D eigenvalue weighted by Crippen LogP contribution is -2.34. The standard InChI is InChI=1S/C13H18N4O3/c1-16(8-9-3-2-4-9)13(18)10-5-6-11(15-14)12(7-10)17(19)20/h5-7,9,15H,2-4,8,14H2,1H3. The quantitative estimate of drug-likeness (QED) is 0.485. The highest BCUT2D eigenvalue weighted by molar-refractivity contribution is 5.95. The van der Waals surface area contributed by atoms with Gasteiger partial charge < -0.3 is 10.3 Å². The van der Waals surface area contributed by atoms with Crippen molar-refractivity contribution in [3.63, 3.8) is 0 Å². The van der Waals surface area contributed by atoms with Gasteiger partial charge in [-0.15, -0.1) is 0 Å². The first-order valence-corrected chi connectivity index (χ1v) is 6.53. The summed E-state index contributed by atoms with van der Waals surface area (Å²) in [5, 5.41) is 10.9. The van der Waals surface area contributed by atoms with E-state index < -0.39 is 4.92 Å². The van der Waals surface area contributed by atoms with E-state index in [1.165, 1.54) is 18.6 Å². The molecule has 1 aliphatic rings. The molecule has 1 amide bonds. The molecule has 0 atom stereocenters. The van der Waals surface area contributed by atoms with Crippen molar-refractivity contribution in [2.24, 2.45) is 11.8 Å². The van der Waals surface area contributed by atoms with Crippen molar-refractivity contribution >= 4 is 17.3 Å². The number of nitrogens with two attached hydrogens (primary N) is 1. The number of nitro groups is 1. The van der Waals surface area contributed by atoms with Crippen LogP contribution in [-0.4, -0.2) is 29.3 Å². The minimum absolute atomic E-state index is 0.188. The molecule has 7 heteroatoms. The number of nitrogens with one attached hydrogen (secondary N) is 1. The van der Waals surface area contributed by atoms with Crippen molar-refractivity contribution in [2.75, 3.05) is 19.0 Å². The molecule has 0 saturated heterocycles. The maximum atomic E-state index is 12.2. The van der Waals surface area contributed by atoms with E-state index in [0.29, 0.717) is 18.0 Å². The fourth-order valence-corrected chi connectivity index (χ4v) is 2.30. The Labute approximate surface area is 116 Å². The minimum atomic E-state index is -0.558. The van der Waals surface area contributed by atoms with Crippen LogP contribution < -0.4 is 11.3 Å². The lowest BCUT2D eigenvalue weighted by Gasteiger charge is -2.30. The molecule has 0 aliphatic heterocycles. The highest BCUT2D eigenvalue weighted by Gasteiger charge is 2.23. The molecule has 0 aromatic heterocycles. The minimum Gasteiger partial charge on any atom is -0.341 e. The van der Waals surface area contributed by atoms with E-state index in [4.69, 9.17) is 5.84 Å². The number of anilines is 1. The predicted molar refractivity (Wildman–Crippen MR) is 75.2 cm³/mol. The Morgan fingerprint density at radius 3 is 2.75 bits per heavy atom. The summed E-state index contributed by atoms with van der Waals surface area (Å²) in [6.45, 7) is 0.698. The Morgan fingerprint density at radius 2 is 2.25 bits per heavy atom. The fourth-order valence-electron chi connectivity index (χ4n) is 2.30. The van der Waals surface area contributed by atoms with Crippen LogP contribution in [-0.2, 0) is 0 Å². The summed E-state index contributed by atoms with van der Waals surface area (Å²) in [7, 11) is 1.72. The Kier molecular flexibility index (Phi) is 4.19. The third-order valence-corrected chi connectivity index (χ3v) is 3.70. The zero-order valence-corrected chi connectivity index (χ0v) is 11.3. The molecule has 1 aromatic carbocycles. The third kappa shape index (κ3) is 2.88. The number of nitrogen functional groups attached to an aromatic ring is 1. The van der Waals surface area contributed by atoms with Gasteiger partial charge in [-0.1, -0.05) is 6.42 Å². The maximum absolute atomic E-state index is 12.2. The molecule has 1 aromatic rings. The average molecular weight is 278 g/mol. The molecule has 2 rings (SSSR count). The number of rotatable bonds is 5. The fraction of sp³-hybridized carbons (Fsp3) is 0.462. The lowest BCUT2D eigenvalue weighted by atomic mass is 9.85. The van der Waals surface area contributed by atoms with Crippen molar-refractivity contribution in [3.05, 3.63) is 33.9 Å². The van der Waals surface area contributed by atoms with E-state index >= 15 is 0 Å². The van der Waals surface area contributed by atoms with Gasteiger partial charge in [0.25, 0.3) is 11.6 Å². The van der Waals surface area contributed by atoms with Gasteiger partial charge >= 0.3 is 0 Å². The van der Waals surface area contributed by atoms with Crippen LogP contribution in [0.2, 0.25) is 0 Å². The molecule has 0 bridgehead atoms. The first-order valence-electron chi connectivity index (χ1n) is 6.53. The summed E-state index contributed by atoms with van der Waals surface area (Å²) in [6, 6.07) is 4.25. The summed E-state index contributed by atoms with van der Waals surface area (Å²) < 4.78 is 0. The number of benzene rings is 1. The van der Waals surface area contributed by atoms with Gasteiger partial charge in [0.2, 0.25) is 0 Å². The second-order valence-electron chi connectivity index (χ2n) is 5.12. The first-order chi connectivity index (χ1) is 9.52. The average Bonchev–Trinajstić information content (AvgIpc) is 2.40. The Balaban J connectivity index is 2.16. The van der Waals surface area contributed by atoms with Crippen LogP contribution in [0.5, 0.6) is 0 Å². The molecule has 7 nitrogen and oxygen atoms in total. The largest absolute Gasteiger partial charge is 0.341 e. The van der Waals surface area contributed by atoms with Crippen LogP contribution in [0, 0.1) is 16.0 Å². The third-order valence-electron chi connectivity index (χ3n) is 3.70. The second-order valence-corrected chi connectivity index (χ2v) is 5.12. The van der Waals surface area contributed by atoms with Crippen LogP contribution in [0.25, 0.3) is 0 Å². The molecule has 0 spiro atoms. The summed E-state index contributed by atoms with van der Waals surface area (Å²) in [4.78, 5) is 24.3. The molecule has 3 N–H and O–H groups in total. The van der Waals surface area contributed by atoms with Gasteiger partial charge in [0.05, 0.1) is 4.92 Å². The molecule has 1 fully saturated rings. The van der Waals surface area contributed by atoms with Crippen molar-refractivity contribution in [2.45, 2.75) is 19.3 Å². The SMILES string of the molecule is CN(CC1CCC1)C(=O)c1ccc(NN)c([N+](=O)[O-])c1. The second kappa shape index (κ2) is 5.87. The van der Waals surface area contributed by atoms with E-state index in [1.807, 2.05) is 0 Å². The number of hydrazine groups is 1. The normalized spacial score (nSPS) is 14.5. The van der Waals surface area contributed by atoms with Crippen molar-refractivity contribution in [1.82, 2.24) is 4.90 Å². The van der Waals surface area contributed by atoms with E-state index in [-0.39, 0.29) is 17.3 Å². The molecule has 108 valence electrons. The number of hydrogen-bond acceptors (Lipinski definition) is 5. The molecule has 20 heavy (non-hydrogen) atoms. The van der Waals surface area contributed by atoms with E-state index in [9.17, 15) is 14.9 Å². The molecule has 0 radical (unpaired) electrons. The van der Waals surface area contributed by atoms with Crippen LogP contribution in [0.3, 0.4) is 0 Å². The van der Waals surface area contributed by atoms with Crippen LogP contribution in [0.4, 0.5) is 11.4 Å². The molecule has 1 saturated carbocycles. The van der Waals surface area contributed by atoms with Gasteiger partial charge in [-0.25, -0.2) is 0 Å². The molecule has 1 aliphatic carbocycles. The van der Waals surface area contributed by atoms with Gasteiger partial charge in [-0.3, -0.25) is 20.8 Å². The van der Waals surface area contributed by atoms with Gasteiger partial charge in [-0.2, -0.15) is 0 Å². The smallest absolute Gasteiger partial charge is 0.294 e. The van der Waals surface area contributed by atoms with Gasteiger partial charge in [0.15, 0.2) is 0 Å². The Morgan fingerprint density at radius 1 is 1.55 bits per heavy atom. The number of carbonyl (C=O) groups excluding carboxylic acids is 1. The summed E-state index contributed by atoms with van der Waals surface area (Å²) in [5.41, 5.74) is 2.55. The zero-order valence-electron chi connectivity index (χ0n) is 11.3. The molecular weight excluding hydrogens is 260 g/mol. The number of amides is 1. The van der Waals surface area contributed by atoms with Crippen molar-refractivity contribution in [3.8, 4) is 0 Å². The number of carbonyl (C=O) groups is 1.